The molecule has 1 aromatic carbocycles. The van der Waals surface area contributed by atoms with Gasteiger partial charge in [-0.1, -0.05) is 29.5 Å². The number of hydrogen-bond donors (Lipinski definition) is 2. The van der Waals surface area contributed by atoms with Gasteiger partial charge in [-0.15, -0.1) is 16.4 Å². The van der Waals surface area contributed by atoms with Crippen molar-refractivity contribution in [2.45, 2.75) is 63.5 Å². The van der Waals surface area contributed by atoms with Crippen molar-refractivity contribution in [3.63, 3.8) is 0 Å². The Kier molecular flexibility index (Phi) is 7.89. The number of nitrogens with one attached hydrogen (secondary N) is 2. The minimum atomic E-state index is -0.462. The van der Waals surface area contributed by atoms with E-state index in [9.17, 15) is 9.59 Å². The molecule has 2 heterocycles. The van der Waals surface area contributed by atoms with Crippen molar-refractivity contribution in [2.24, 2.45) is 0 Å². The van der Waals surface area contributed by atoms with Crippen LogP contribution < -0.4 is 10.1 Å². The van der Waals surface area contributed by atoms with Gasteiger partial charge in [0.2, 0.25) is 11.1 Å². The van der Waals surface area contributed by atoms with Gasteiger partial charge in [-0.25, -0.2) is 9.78 Å². The van der Waals surface area contributed by atoms with E-state index in [0.29, 0.717) is 28.2 Å². The lowest BCUT2D eigenvalue weighted by Gasteiger charge is -2.13. The fourth-order valence-corrected chi connectivity index (χ4v) is 5.70. The molecule has 0 aliphatic heterocycles. The lowest BCUT2D eigenvalue weighted by Crippen LogP contribution is -2.23. The van der Waals surface area contributed by atoms with Gasteiger partial charge in [-0.05, 0) is 64.2 Å². The van der Waals surface area contributed by atoms with E-state index < -0.39 is 5.25 Å². The highest BCUT2D eigenvalue weighted by molar-refractivity contribution is 8.00. The molecule has 8 nitrogen and oxygen atoms in total. The number of nitrogens with zero attached hydrogens (tertiary/aromatic N) is 2. The Morgan fingerprint density at radius 3 is 2.76 bits per heavy atom. The fraction of sp³-hybridized carbons (Fsp3) is 0.417. The van der Waals surface area contributed by atoms with Crippen molar-refractivity contribution in [1.82, 2.24) is 15.2 Å². The van der Waals surface area contributed by atoms with E-state index in [4.69, 9.17) is 9.47 Å². The molecule has 1 aliphatic rings. The molecule has 2 aromatic heterocycles. The van der Waals surface area contributed by atoms with E-state index in [1.54, 1.807) is 13.8 Å². The summed E-state index contributed by atoms with van der Waals surface area (Å²) in [5, 5.41) is 10.6. The van der Waals surface area contributed by atoms with Gasteiger partial charge in [-0.2, -0.15) is 0 Å². The Morgan fingerprint density at radius 1 is 1.24 bits per heavy atom. The highest BCUT2D eigenvalue weighted by Gasteiger charge is 2.28. The summed E-state index contributed by atoms with van der Waals surface area (Å²) >= 11 is 2.72. The van der Waals surface area contributed by atoms with Crippen molar-refractivity contribution >= 4 is 40.0 Å². The number of hydrogen-bond acceptors (Lipinski definition) is 8. The Hall–Kier alpha value is -2.85. The van der Waals surface area contributed by atoms with E-state index in [-0.39, 0.29) is 18.5 Å². The number of benzene rings is 1. The van der Waals surface area contributed by atoms with Gasteiger partial charge in [0, 0.05) is 4.88 Å². The van der Waals surface area contributed by atoms with Gasteiger partial charge < -0.3 is 14.8 Å². The van der Waals surface area contributed by atoms with Crippen LogP contribution in [0.2, 0.25) is 0 Å². The lowest BCUT2D eigenvalue weighted by molar-refractivity contribution is -0.115. The zero-order chi connectivity index (χ0) is 24.1. The number of aromatic nitrogens is 3. The highest BCUT2D eigenvalue weighted by atomic mass is 32.2. The van der Waals surface area contributed by atoms with Gasteiger partial charge >= 0.3 is 5.97 Å². The molecule has 0 bridgehead atoms. The molecule has 3 aromatic rings. The fourth-order valence-electron chi connectivity index (χ4n) is 3.68. The van der Waals surface area contributed by atoms with E-state index in [1.165, 1.54) is 23.1 Å². The molecular weight excluding hydrogens is 472 g/mol. The van der Waals surface area contributed by atoms with Gasteiger partial charge in [0.1, 0.15) is 17.4 Å². The zero-order valence-corrected chi connectivity index (χ0v) is 21.1. The van der Waals surface area contributed by atoms with E-state index >= 15 is 0 Å². The van der Waals surface area contributed by atoms with Crippen molar-refractivity contribution in [1.29, 1.82) is 0 Å². The summed E-state index contributed by atoms with van der Waals surface area (Å²) in [5.41, 5.74) is 2.70. The van der Waals surface area contributed by atoms with Crippen LogP contribution in [-0.2, 0) is 29.0 Å². The van der Waals surface area contributed by atoms with Crippen LogP contribution in [0.15, 0.2) is 29.4 Å². The van der Waals surface area contributed by atoms with E-state index in [0.717, 1.165) is 47.4 Å². The molecule has 0 saturated heterocycles. The van der Waals surface area contributed by atoms with E-state index in [2.05, 4.69) is 20.5 Å². The van der Waals surface area contributed by atoms with Crippen LogP contribution in [0.4, 0.5) is 5.00 Å². The van der Waals surface area contributed by atoms with Gasteiger partial charge in [0.05, 0.1) is 17.4 Å². The summed E-state index contributed by atoms with van der Waals surface area (Å²) in [5.74, 6) is 0.743. The first-order valence-electron chi connectivity index (χ1n) is 11.3. The molecule has 1 amide bonds. The Labute approximate surface area is 206 Å². The van der Waals surface area contributed by atoms with Crippen molar-refractivity contribution in [3.8, 4) is 5.75 Å². The third-order valence-corrected chi connectivity index (χ3v) is 7.62. The molecule has 2 N–H and O–H groups in total. The predicted octanol–water partition coefficient (Wildman–Crippen LogP) is 4.93. The van der Waals surface area contributed by atoms with E-state index in [1.807, 2.05) is 31.2 Å². The number of amides is 1. The minimum absolute atomic E-state index is 0.212. The number of carbonyl (C=O) groups excluding carboxylic acids is 2. The summed E-state index contributed by atoms with van der Waals surface area (Å²) in [6, 6.07) is 7.77. The molecule has 0 saturated carbocycles. The number of aromatic amines is 1. The number of fused-ring (bicyclic) bond motifs is 1. The molecule has 1 atom stereocenters. The molecule has 180 valence electrons. The van der Waals surface area contributed by atoms with Crippen LogP contribution >= 0.6 is 23.1 Å². The number of thioether (sulfide) groups is 1. The number of esters is 1. The molecule has 34 heavy (non-hydrogen) atoms. The first kappa shape index (κ1) is 24.3. The first-order chi connectivity index (χ1) is 16.4. The smallest absolute Gasteiger partial charge is 0.341 e. The first-order valence-corrected chi connectivity index (χ1v) is 13.0. The maximum atomic E-state index is 12.9. The Morgan fingerprint density at radius 2 is 2.00 bits per heavy atom. The highest BCUT2D eigenvalue weighted by Crippen LogP contribution is 2.39. The number of ether oxygens (including phenoxy) is 2. The summed E-state index contributed by atoms with van der Waals surface area (Å²) in [7, 11) is 0. The van der Waals surface area contributed by atoms with Crippen LogP contribution in [0.3, 0.4) is 0 Å². The van der Waals surface area contributed by atoms with Crippen molar-refractivity contribution in [3.05, 3.63) is 51.7 Å². The maximum absolute atomic E-state index is 12.9. The number of thiophene rings is 1. The van der Waals surface area contributed by atoms with Gasteiger partial charge in [0.15, 0.2) is 5.82 Å². The average Bonchev–Trinajstić information content (AvgIpc) is 3.42. The minimum Gasteiger partial charge on any atom is -0.486 e. The topological polar surface area (TPSA) is 106 Å². The second-order valence-electron chi connectivity index (χ2n) is 8.05. The van der Waals surface area contributed by atoms with Gasteiger partial charge in [0.25, 0.3) is 0 Å². The summed E-state index contributed by atoms with van der Waals surface area (Å²) in [6.07, 6.45) is 3.90. The Bertz CT molecular complexity index is 1160. The van der Waals surface area contributed by atoms with Crippen LogP contribution in [0.5, 0.6) is 5.75 Å². The standard InChI is InChI=1S/C24H28N4O4S2/c1-4-31-23(30)20-17-7-5-6-8-18(17)34-22(20)26-21(29)15(3)33-24-25-19(27-28-24)13-32-16-11-9-14(2)10-12-16/h9-12,15H,4-8,13H2,1-3H3,(H,26,29)(H,25,27,28)/t15-/m0/s1. The molecule has 0 fully saturated rings. The third-order valence-electron chi connectivity index (χ3n) is 5.45. The summed E-state index contributed by atoms with van der Waals surface area (Å²) < 4.78 is 11.0. The quantitative estimate of drug-likeness (QED) is 0.317. The molecule has 10 heteroatoms. The van der Waals surface area contributed by atoms with Crippen molar-refractivity contribution < 1.29 is 19.1 Å². The molecule has 1 aliphatic carbocycles. The van der Waals surface area contributed by atoms with Crippen LogP contribution in [0, 0.1) is 6.92 Å². The SMILES string of the molecule is CCOC(=O)c1c(NC(=O)[C@H](C)Sc2n[nH]c(COc3ccc(C)cc3)n2)sc2c1CCCC2. The molecule has 0 radical (unpaired) electrons. The average molecular weight is 501 g/mol. The normalized spacial score (nSPS) is 13.7. The molecule has 0 unspecified atom stereocenters. The zero-order valence-electron chi connectivity index (χ0n) is 19.5. The number of anilines is 1. The van der Waals surface area contributed by atoms with Gasteiger partial charge in [-0.3, -0.25) is 9.89 Å². The van der Waals surface area contributed by atoms with Crippen molar-refractivity contribution in [2.75, 3.05) is 11.9 Å². The number of aryl methyl sites for hydroxylation is 2. The summed E-state index contributed by atoms with van der Waals surface area (Å²) in [4.78, 5) is 31.1. The maximum Gasteiger partial charge on any atom is 0.341 e. The number of H-pyrrole nitrogens is 1. The number of rotatable bonds is 9. The van der Waals surface area contributed by atoms with Crippen LogP contribution in [0.1, 0.15) is 58.9 Å². The number of carbonyl (C=O) groups is 2. The van der Waals surface area contributed by atoms with Crippen LogP contribution in [0.25, 0.3) is 0 Å². The largest absolute Gasteiger partial charge is 0.486 e. The third kappa shape index (κ3) is 5.79. The second kappa shape index (κ2) is 11.1. The Balaban J connectivity index is 1.38. The predicted molar refractivity (Wildman–Crippen MR) is 133 cm³/mol. The molecular formula is C24H28N4O4S2. The second-order valence-corrected chi connectivity index (χ2v) is 10.5. The lowest BCUT2D eigenvalue weighted by atomic mass is 9.95. The molecule has 4 rings (SSSR count). The van der Waals surface area contributed by atoms with Crippen LogP contribution in [-0.4, -0.2) is 38.9 Å². The summed E-state index contributed by atoms with van der Waals surface area (Å²) in [6.45, 7) is 6.14. The monoisotopic (exact) mass is 500 g/mol. The molecule has 0 spiro atoms.